The van der Waals surface area contributed by atoms with Gasteiger partial charge in [0, 0.05) is 43.3 Å². The summed E-state index contributed by atoms with van der Waals surface area (Å²) < 4.78 is 0. The molecule has 3 unspecified atom stereocenters. The van der Waals surface area contributed by atoms with Crippen molar-refractivity contribution in [3.8, 4) is 0 Å². The Morgan fingerprint density at radius 3 is 2.52 bits per heavy atom. The van der Waals surface area contributed by atoms with Gasteiger partial charge in [0.05, 0.1) is 11.7 Å². The summed E-state index contributed by atoms with van der Waals surface area (Å²) in [6, 6.07) is 10.9. The molecule has 3 atom stereocenters. The normalized spacial score (nSPS) is 25.5. The van der Waals surface area contributed by atoms with E-state index in [0.29, 0.717) is 0 Å². The lowest BCUT2D eigenvalue weighted by atomic mass is 9.94. The average molecular weight is 384 g/mol. The van der Waals surface area contributed by atoms with E-state index in [2.05, 4.69) is 36.9 Å². The molecule has 0 N–H and O–H groups in total. The van der Waals surface area contributed by atoms with Gasteiger partial charge in [-0.25, -0.2) is 0 Å². The summed E-state index contributed by atoms with van der Waals surface area (Å²) in [5.41, 5.74) is 5.06. The smallest absolute Gasteiger partial charge is 0.220 e. The van der Waals surface area contributed by atoms with E-state index in [-0.39, 0.29) is 24.0 Å². The topological polar surface area (TPSA) is 36.4 Å². The molecule has 27 heavy (non-hydrogen) atoms. The van der Waals surface area contributed by atoms with E-state index in [9.17, 15) is 4.79 Å². The number of hydrogen-bond donors (Lipinski definition) is 0. The molecule has 4 rings (SSSR count). The number of halogens is 1. The maximum atomic E-state index is 12.1. The Balaban J connectivity index is 1.79. The summed E-state index contributed by atoms with van der Waals surface area (Å²) in [5, 5.41) is 0.787. The maximum absolute atomic E-state index is 12.1. The van der Waals surface area contributed by atoms with Gasteiger partial charge in [-0.2, -0.15) is 0 Å². The number of pyridine rings is 1. The Labute approximate surface area is 166 Å². The fourth-order valence-electron chi connectivity index (χ4n) is 4.95. The van der Waals surface area contributed by atoms with Crippen molar-refractivity contribution < 1.29 is 4.79 Å². The van der Waals surface area contributed by atoms with Crippen LogP contribution in [0.1, 0.15) is 49.2 Å². The first-order valence-electron chi connectivity index (χ1n) is 9.70. The Kier molecular flexibility index (Phi) is 4.95. The van der Waals surface area contributed by atoms with Crippen molar-refractivity contribution in [2.75, 3.05) is 13.1 Å². The molecular formula is C22H26ClN3O. The van der Waals surface area contributed by atoms with Gasteiger partial charge in [-0.05, 0) is 61.6 Å². The largest absolute Gasteiger partial charge is 0.335 e. The van der Waals surface area contributed by atoms with Crippen molar-refractivity contribution in [1.82, 2.24) is 14.8 Å². The Morgan fingerprint density at radius 1 is 1.11 bits per heavy atom. The zero-order valence-electron chi connectivity index (χ0n) is 16.2. The molecule has 1 aromatic carbocycles. The molecule has 1 saturated heterocycles. The molecule has 2 aliphatic rings. The third kappa shape index (κ3) is 3.37. The number of benzene rings is 1. The van der Waals surface area contributed by atoms with Gasteiger partial charge in [-0.15, -0.1) is 0 Å². The average Bonchev–Trinajstić information content (AvgIpc) is 2.77. The first-order chi connectivity index (χ1) is 13.0. The first kappa shape index (κ1) is 18.5. The number of nitrogens with zero attached hydrogens (tertiary/aromatic N) is 3. The highest BCUT2D eigenvalue weighted by molar-refractivity contribution is 6.30. The molecule has 2 heterocycles. The van der Waals surface area contributed by atoms with Gasteiger partial charge in [0.25, 0.3) is 0 Å². The van der Waals surface area contributed by atoms with Gasteiger partial charge in [-0.3, -0.25) is 14.7 Å². The third-order valence-electron chi connectivity index (χ3n) is 5.92. The van der Waals surface area contributed by atoms with Crippen molar-refractivity contribution in [3.63, 3.8) is 0 Å². The van der Waals surface area contributed by atoms with E-state index in [4.69, 9.17) is 16.6 Å². The molecule has 1 amide bonds. The maximum Gasteiger partial charge on any atom is 0.220 e. The molecule has 2 aromatic rings. The van der Waals surface area contributed by atoms with E-state index < -0.39 is 0 Å². The highest BCUT2D eigenvalue weighted by Crippen LogP contribution is 2.38. The number of rotatable bonds is 1. The van der Waals surface area contributed by atoms with Crippen LogP contribution in [0.15, 0.2) is 36.5 Å². The highest BCUT2D eigenvalue weighted by atomic mass is 35.5. The van der Waals surface area contributed by atoms with Crippen LogP contribution in [0.5, 0.6) is 0 Å². The lowest BCUT2D eigenvalue weighted by Gasteiger charge is -2.47. The van der Waals surface area contributed by atoms with Crippen molar-refractivity contribution >= 4 is 17.5 Å². The number of hydrogen-bond acceptors (Lipinski definition) is 3. The van der Waals surface area contributed by atoms with Crippen LogP contribution in [0.3, 0.4) is 0 Å². The molecule has 1 aliphatic heterocycles. The second-order valence-corrected chi connectivity index (χ2v) is 8.31. The first-order valence-corrected chi connectivity index (χ1v) is 10.1. The Bertz CT molecular complexity index is 856. The van der Waals surface area contributed by atoms with E-state index in [1.807, 2.05) is 23.2 Å². The molecule has 0 saturated carbocycles. The van der Waals surface area contributed by atoms with E-state index in [1.54, 1.807) is 6.92 Å². The van der Waals surface area contributed by atoms with Crippen LogP contribution in [0, 0.1) is 0 Å². The molecule has 0 bridgehead atoms. The molecule has 142 valence electrons. The Hall–Kier alpha value is -1.91. The number of fused-ring (bicyclic) bond motifs is 2. The van der Waals surface area contributed by atoms with Crippen LogP contribution < -0.4 is 0 Å². The predicted molar refractivity (Wildman–Crippen MR) is 108 cm³/mol. The second-order valence-electron chi connectivity index (χ2n) is 7.87. The second kappa shape index (κ2) is 7.25. The van der Waals surface area contributed by atoms with E-state index >= 15 is 0 Å². The molecule has 0 radical (unpaired) electrons. The van der Waals surface area contributed by atoms with Gasteiger partial charge in [0.15, 0.2) is 0 Å². The van der Waals surface area contributed by atoms with Crippen LogP contribution in [-0.2, 0) is 17.6 Å². The highest BCUT2D eigenvalue weighted by Gasteiger charge is 2.37. The summed E-state index contributed by atoms with van der Waals surface area (Å²) in [4.78, 5) is 21.4. The molecule has 4 nitrogen and oxygen atoms in total. The van der Waals surface area contributed by atoms with Crippen molar-refractivity contribution in [3.05, 3.63) is 63.9 Å². The minimum absolute atomic E-state index is 0.106. The third-order valence-corrected chi connectivity index (χ3v) is 6.16. The monoisotopic (exact) mass is 383 g/mol. The van der Waals surface area contributed by atoms with Crippen LogP contribution in [0.4, 0.5) is 0 Å². The summed E-state index contributed by atoms with van der Waals surface area (Å²) >= 11 is 6.30. The molecule has 0 spiro atoms. The number of aromatic nitrogens is 1. The number of carbonyl (C=O) groups excluding carboxylic acids is 1. The summed E-state index contributed by atoms with van der Waals surface area (Å²) in [6.07, 6.45) is 3.85. The van der Waals surface area contributed by atoms with Gasteiger partial charge < -0.3 is 4.90 Å². The summed E-state index contributed by atoms with van der Waals surface area (Å²) in [7, 11) is 0. The van der Waals surface area contributed by atoms with Gasteiger partial charge in [0.2, 0.25) is 5.91 Å². The zero-order chi connectivity index (χ0) is 19.1. The van der Waals surface area contributed by atoms with Gasteiger partial charge in [0.1, 0.15) is 0 Å². The molecular weight excluding hydrogens is 358 g/mol. The van der Waals surface area contributed by atoms with Crippen molar-refractivity contribution in [2.24, 2.45) is 0 Å². The van der Waals surface area contributed by atoms with Crippen LogP contribution >= 0.6 is 11.6 Å². The quantitative estimate of drug-likeness (QED) is 0.750. The van der Waals surface area contributed by atoms with E-state index in [1.165, 1.54) is 16.7 Å². The molecule has 1 aliphatic carbocycles. The van der Waals surface area contributed by atoms with Crippen molar-refractivity contribution in [1.29, 1.82) is 0 Å². The summed E-state index contributed by atoms with van der Waals surface area (Å²) in [5.74, 6) is 0.154. The minimum atomic E-state index is 0.106. The summed E-state index contributed by atoms with van der Waals surface area (Å²) in [6.45, 7) is 7.63. The fourth-order valence-corrected chi connectivity index (χ4v) is 5.14. The minimum Gasteiger partial charge on any atom is -0.335 e. The lowest BCUT2D eigenvalue weighted by molar-refractivity contribution is -0.137. The fraction of sp³-hybridized carbons (Fsp3) is 0.455. The predicted octanol–water partition coefficient (Wildman–Crippen LogP) is 3.86. The van der Waals surface area contributed by atoms with E-state index in [0.717, 1.165) is 36.6 Å². The Morgan fingerprint density at radius 2 is 1.81 bits per heavy atom. The standard InChI is InChI=1S/C22H26ClN3O/c1-14-12-25(13-15(2)26(14)16(3)27)22-20-9-8-19(23)11-18(20)7-6-17-5-4-10-24-21(17)22/h4-5,8-11,14-15,22H,6-7,12-13H2,1-3H3. The van der Waals surface area contributed by atoms with Crippen LogP contribution in [0.25, 0.3) is 0 Å². The van der Waals surface area contributed by atoms with Gasteiger partial charge in [-0.1, -0.05) is 23.7 Å². The van der Waals surface area contributed by atoms with Crippen LogP contribution in [-0.4, -0.2) is 45.9 Å². The molecule has 1 fully saturated rings. The van der Waals surface area contributed by atoms with Crippen molar-refractivity contribution in [2.45, 2.75) is 51.7 Å². The number of aryl methyl sites for hydroxylation is 2. The SMILES string of the molecule is CC(=O)N1C(C)CN(C2c3ccc(Cl)cc3CCc3cccnc32)CC1C. The molecule has 5 heteroatoms. The number of amides is 1. The lowest BCUT2D eigenvalue weighted by Crippen LogP contribution is -2.58. The molecule has 1 aromatic heterocycles. The van der Waals surface area contributed by atoms with Gasteiger partial charge >= 0.3 is 0 Å². The number of carbonyl (C=O) groups is 1. The zero-order valence-corrected chi connectivity index (χ0v) is 16.9. The number of piperazine rings is 1. The van der Waals surface area contributed by atoms with Crippen LogP contribution in [0.2, 0.25) is 5.02 Å².